The van der Waals surface area contributed by atoms with Gasteiger partial charge in [0.25, 0.3) is 5.91 Å². The van der Waals surface area contributed by atoms with Gasteiger partial charge < -0.3 is 5.32 Å². The van der Waals surface area contributed by atoms with Crippen LogP contribution in [0.4, 0.5) is 5.69 Å². The molecule has 1 N–H and O–H groups in total. The predicted molar refractivity (Wildman–Crippen MR) is 87.3 cm³/mol. The minimum absolute atomic E-state index is 0.189. The van der Waals surface area contributed by atoms with Crippen molar-refractivity contribution >= 4 is 46.6 Å². The first-order valence-electron chi connectivity index (χ1n) is 6.10. The van der Waals surface area contributed by atoms with Crippen molar-refractivity contribution in [1.29, 1.82) is 0 Å². The van der Waals surface area contributed by atoms with Crippen LogP contribution in [-0.4, -0.2) is 11.7 Å². The molecule has 0 unspecified atom stereocenters. The largest absolute Gasteiger partial charge is 0.321 e. The lowest BCUT2D eigenvalue weighted by Gasteiger charge is -2.10. The van der Waals surface area contributed by atoms with Crippen LogP contribution < -0.4 is 5.32 Å². The van der Waals surface area contributed by atoms with Crippen LogP contribution in [-0.2, 0) is 0 Å². The molecule has 20 heavy (non-hydrogen) atoms. The molecule has 1 amide bonds. The number of thioether (sulfide) groups is 1. The molecule has 0 atom stereocenters. The third-order valence-electron chi connectivity index (χ3n) is 2.63. The van der Waals surface area contributed by atoms with Crippen molar-refractivity contribution in [1.82, 2.24) is 0 Å². The minimum Gasteiger partial charge on any atom is -0.321 e. The van der Waals surface area contributed by atoms with Crippen LogP contribution in [0.5, 0.6) is 0 Å². The van der Waals surface area contributed by atoms with E-state index in [4.69, 9.17) is 23.2 Å². The topological polar surface area (TPSA) is 29.1 Å². The summed E-state index contributed by atoms with van der Waals surface area (Å²) in [5.41, 5.74) is 1.15. The summed E-state index contributed by atoms with van der Waals surface area (Å²) in [7, 11) is 0. The number of anilines is 1. The number of rotatable bonds is 4. The molecule has 0 fully saturated rings. The van der Waals surface area contributed by atoms with Crippen LogP contribution in [0.2, 0.25) is 10.0 Å². The Morgan fingerprint density at radius 1 is 1.15 bits per heavy atom. The van der Waals surface area contributed by atoms with Crippen LogP contribution in [0, 0.1) is 0 Å². The average Bonchev–Trinajstić information content (AvgIpc) is 2.45. The summed E-state index contributed by atoms with van der Waals surface area (Å²) in [6.45, 7) is 2.05. The summed E-state index contributed by atoms with van der Waals surface area (Å²) in [5, 5.41) is 3.56. The SMILES string of the molecule is CCSc1ccccc1C(=O)Nc1cccc(Cl)c1Cl. The standard InChI is InChI=1S/C15H13Cl2NOS/c1-2-20-13-9-4-3-6-10(13)15(19)18-12-8-5-7-11(16)14(12)17/h3-9H,2H2,1H3,(H,18,19). The monoisotopic (exact) mass is 325 g/mol. The van der Waals surface area contributed by atoms with Crippen molar-refractivity contribution in [3.63, 3.8) is 0 Å². The van der Waals surface area contributed by atoms with Crippen molar-refractivity contribution < 1.29 is 4.79 Å². The highest BCUT2D eigenvalue weighted by Gasteiger charge is 2.13. The van der Waals surface area contributed by atoms with Gasteiger partial charge in [-0.25, -0.2) is 0 Å². The number of carbonyl (C=O) groups is 1. The molecule has 5 heteroatoms. The molecule has 0 aromatic heterocycles. The summed E-state index contributed by atoms with van der Waals surface area (Å²) in [4.78, 5) is 13.3. The Kier molecular flexibility index (Phi) is 5.35. The predicted octanol–water partition coefficient (Wildman–Crippen LogP) is 5.36. The lowest BCUT2D eigenvalue weighted by molar-refractivity contribution is 0.102. The number of amides is 1. The van der Waals surface area contributed by atoms with E-state index >= 15 is 0 Å². The molecular weight excluding hydrogens is 313 g/mol. The van der Waals surface area contributed by atoms with Gasteiger partial charge in [0, 0.05) is 4.90 Å². The second-order valence-electron chi connectivity index (χ2n) is 3.98. The van der Waals surface area contributed by atoms with Crippen molar-refractivity contribution in [3.05, 3.63) is 58.1 Å². The van der Waals surface area contributed by atoms with Gasteiger partial charge in [0.2, 0.25) is 0 Å². The van der Waals surface area contributed by atoms with E-state index in [1.165, 1.54) is 0 Å². The fourth-order valence-electron chi connectivity index (χ4n) is 1.73. The summed E-state index contributed by atoms with van der Waals surface area (Å²) in [6.07, 6.45) is 0. The summed E-state index contributed by atoms with van der Waals surface area (Å²) < 4.78 is 0. The molecule has 0 bridgehead atoms. The molecule has 0 saturated heterocycles. The molecule has 2 nitrogen and oxygen atoms in total. The summed E-state index contributed by atoms with van der Waals surface area (Å²) in [5.74, 6) is 0.716. The Morgan fingerprint density at radius 2 is 1.90 bits per heavy atom. The first-order valence-corrected chi connectivity index (χ1v) is 7.84. The van der Waals surface area contributed by atoms with Crippen LogP contribution in [0.15, 0.2) is 47.4 Å². The van der Waals surface area contributed by atoms with Gasteiger partial charge in [-0.3, -0.25) is 4.79 Å². The van der Waals surface area contributed by atoms with Gasteiger partial charge in [-0.2, -0.15) is 0 Å². The summed E-state index contributed by atoms with van der Waals surface area (Å²) >= 11 is 13.6. The molecule has 2 aromatic rings. The zero-order valence-electron chi connectivity index (χ0n) is 10.8. The third-order valence-corrected chi connectivity index (χ3v) is 4.41. The van der Waals surface area contributed by atoms with E-state index in [2.05, 4.69) is 5.32 Å². The van der Waals surface area contributed by atoms with Gasteiger partial charge in [0.05, 0.1) is 21.3 Å². The van der Waals surface area contributed by atoms with Gasteiger partial charge in [0.15, 0.2) is 0 Å². The number of benzene rings is 2. The van der Waals surface area contributed by atoms with E-state index in [9.17, 15) is 4.79 Å². The number of nitrogens with one attached hydrogen (secondary N) is 1. The molecule has 0 aliphatic heterocycles. The zero-order valence-corrected chi connectivity index (χ0v) is 13.1. The van der Waals surface area contributed by atoms with Crippen LogP contribution >= 0.6 is 35.0 Å². The fraction of sp³-hybridized carbons (Fsp3) is 0.133. The van der Waals surface area contributed by atoms with Crippen molar-refractivity contribution in [2.24, 2.45) is 0 Å². The highest BCUT2D eigenvalue weighted by molar-refractivity contribution is 7.99. The Morgan fingerprint density at radius 3 is 2.65 bits per heavy atom. The lowest BCUT2D eigenvalue weighted by Crippen LogP contribution is -2.13. The smallest absolute Gasteiger partial charge is 0.256 e. The van der Waals surface area contributed by atoms with E-state index in [1.54, 1.807) is 36.0 Å². The van der Waals surface area contributed by atoms with E-state index < -0.39 is 0 Å². The molecule has 2 rings (SSSR count). The molecule has 104 valence electrons. The quantitative estimate of drug-likeness (QED) is 0.767. The Hall–Kier alpha value is -1.16. The molecule has 2 aromatic carbocycles. The molecule has 0 aliphatic rings. The maximum atomic E-state index is 12.3. The molecule has 0 heterocycles. The second kappa shape index (κ2) is 7.02. The van der Waals surface area contributed by atoms with Crippen molar-refractivity contribution in [2.75, 3.05) is 11.1 Å². The molecule has 0 saturated carbocycles. The molecule has 0 spiro atoms. The van der Waals surface area contributed by atoms with Gasteiger partial charge in [-0.1, -0.05) is 48.3 Å². The number of carbonyl (C=O) groups excluding carboxylic acids is 1. The van der Waals surface area contributed by atoms with E-state index in [0.717, 1.165) is 10.6 Å². The minimum atomic E-state index is -0.189. The highest BCUT2D eigenvalue weighted by atomic mass is 35.5. The van der Waals surface area contributed by atoms with Crippen LogP contribution in [0.25, 0.3) is 0 Å². The normalized spacial score (nSPS) is 10.3. The van der Waals surface area contributed by atoms with Crippen LogP contribution in [0.1, 0.15) is 17.3 Å². The Bertz CT molecular complexity index is 631. The maximum absolute atomic E-state index is 12.3. The van der Waals surface area contributed by atoms with Gasteiger partial charge in [-0.15, -0.1) is 11.8 Å². The summed E-state index contributed by atoms with van der Waals surface area (Å²) in [6, 6.07) is 12.6. The number of halogens is 2. The van der Waals surface area contributed by atoms with Gasteiger partial charge in [-0.05, 0) is 30.0 Å². The van der Waals surface area contributed by atoms with Gasteiger partial charge in [0.1, 0.15) is 0 Å². The molecular formula is C15H13Cl2NOS. The maximum Gasteiger partial charge on any atom is 0.256 e. The van der Waals surface area contributed by atoms with Crippen molar-refractivity contribution in [2.45, 2.75) is 11.8 Å². The van der Waals surface area contributed by atoms with E-state index in [1.807, 2.05) is 25.1 Å². The second-order valence-corrected chi connectivity index (χ2v) is 6.08. The van der Waals surface area contributed by atoms with Gasteiger partial charge >= 0.3 is 0 Å². The number of hydrogen-bond donors (Lipinski definition) is 1. The van der Waals surface area contributed by atoms with Crippen molar-refractivity contribution in [3.8, 4) is 0 Å². The third kappa shape index (κ3) is 3.48. The zero-order chi connectivity index (χ0) is 14.5. The fourth-order valence-corrected chi connectivity index (χ4v) is 2.88. The molecule has 0 radical (unpaired) electrons. The van der Waals surface area contributed by atoms with Crippen LogP contribution in [0.3, 0.4) is 0 Å². The molecule has 0 aliphatic carbocycles. The lowest BCUT2D eigenvalue weighted by atomic mass is 10.2. The average molecular weight is 326 g/mol. The van der Waals surface area contributed by atoms with E-state index in [-0.39, 0.29) is 5.91 Å². The Labute approximate surface area is 132 Å². The first-order chi connectivity index (χ1) is 9.63. The van der Waals surface area contributed by atoms with E-state index in [0.29, 0.717) is 21.3 Å². The Balaban J connectivity index is 2.26. The highest BCUT2D eigenvalue weighted by Crippen LogP contribution is 2.30. The first kappa shape index (κ1) is 15.2. The number of hydrogen-bond acceptors (Lipinski definition) is 2.